The molecule has 0 amide bonds. The van der Waals surface area contributed by atoms with E-state index in [1.807, 2.05) is 18.2 Å². The van der Waals surface area contributed by atoms with Crippen LogP contribution in [0.4, 0.5) is 0 Å². The molecule has 0 saturated carbocycles. The summed E-state index contributed by atoms with van der Waals surface area (Å²) in [5.74, 6) is 0.898. The van der Waals surface area contributed by atoms with E-state index >= 15 is 0 Å². The molecule has 0 atom stereocenters. The summed E-state index contributed by atoms with van der Waals surface area (Å²) in [6, 6.07) is 10.3. The summed E-state index contributed by atoms with van der Waals surface area (Å²) in [5, 5.41) is 0. The van der Waals surface area contributed by atoms with Crippen LogP contribution in [0.25, 0.3) is 0 Å². The molecule has 1 aromatic carbocycles. The van der Waals surface area contributed by atoms with Crippen LogP contribution in [0.2, 0.25) is 0 Å². The Labute approximate surface area is 117 Å². The molecule has 1 heteroatoms. The van der Waals surface area contributed by atoms with Crippen LogP contribution >= 0.6 is 0 Å². The Morgan fingerprint density at radius 2 is 1.44 bits per heavy atom. The largest absolute Gasteiger partial charge is 2.00 e. The van der Waals surface area contributed by atoms with E-state index in [4.69, 9.17) is 0 Å². The molecule has 0 fully saturated rings. The van der Waals surface area contributed by atoms with Gasteiger partial charge in [0.2, 0.25) is 0 Å². The van der Waals surface area contributed by atoms with Crippen LogP contribution < -0.4 is 0 Å². The molecule has 0 spiro atoms. The van der Waals surface area contributed by atoms with Crippen LogP contribution in [0.15, 0.2) is 30.3 Å². The zero-order chi connectivity index (χ0) is 10.1. The number of aryl methyl sites for hydroxylation is 1. The molecule has 16 heavy (non-hydrogen) atoms. The smallest absolute Gasteiger partial charge is 0.358 e. The van der Waals surface area contributed by atoms with E-state index in [1.165, 1.54) is 18.4 Å². The fourth-order valence-corrected chi connectivity index (χ4v) is 1.11. The SMILES string of the molecule is CCCC(C)C.Cc1ccccc1.[CH3-].[CH3-].[Ru+2]. The monoisotopic (exact) mass is 310 g/mol. The van der Waals surface area contributed by atoms with Crippen LogP contribution in [0, 0.1) is 27.7 Å². The van der Waals surface area contributed by atoms with Crippen molar-refractivity contribution in [3.8, 4) is 0 Å². The molecule has 96 valence electrons. The first-order valence-corrected chi connectivity index (χ1v) is 5.18. The number of hydrogen-bond acceptors (Lipinski definition) is 0. The average Bonchev–Trinajstić information content (AvgIpc) is 2.06. The van der Waals surface area contributed by atoms with Gasteiger partial charge in [-0.2, -0.15) is 0 Å². The molecule has 0 aliphatic rings. The summed E-state index contributed by atoms with van der Waals surface area (Å²) in [7, 11) is 0. The Morgan fingerprint density at radius 3 is 1.56 bits per heavy atom. The average molecular weight is 309 g/mol. The number of rotatable bonds is 2. The summed E-state index contributed by atoms with van der Waals surface area (Å²) >= 11 is 0. The van der Waals surface area contributed by atoms with Crippen LogP contribution in [-0.4, -0.2) is 0 Å². The molecular weight excluding hydrogens is 281 g/mol. The van der Waals surface area contributed by atoms with E-state index in [9.17, 15) is 0 Å². The quantitative estimate of drug-likeness (QED) is 0.511. The Bertz CT molecular complexity index is 192. The van der Waals surface area contributed by atoms with E-state index in [0.717, 1.165) is 5.92 Å². The predicted octanol–water partition coefficient (Wildman–Crippen LogP) is 5.34. The Morgan fingerprint density at radius 1 is 1.00 bits per heavy atom. The van der Waals surface area contributed by atoms with Gasteiger partial charge in [0.05, 0.1) is 0 Å². The van der Waals surface area contributed by atoms with Crippen LogP contribution in [0.1, 0.15) is 39.2 Å². The molecule has 1 aromatic rings. The molecule has 0 unspecified atom stereocenters. The minimum absolute atomic E-state index is 0. The summed E-state index contributed by atoms with van der Waals surface area (Å²) < 4.78 is 0. The second-order valence-electron chi connectivity index (χ2n) is 3.84. The summed E-state index contributed by atoms with van der Waals surface area (Å²) in [6.45, 7) is 8.81. The van der Waals surface area contributed by atoms with Gasteiger partial charge in [-0.25, -0.2) is 0 Å². The molecule has 0 N–H and O–H groups in total. The minimum Gasteiger partial charge on any atom is -0.358 e. The van der Waals surface area contributed by atoms with Crippen molar-refractivity contribution in [1.29, 1.82) is 0 Å². The maximum absolute atomic E-state index is 2.25. The van der Waals surface area contributed by atoms with Gasteiger partial charge in [0.25, 0.3) is 0 Å². The maximum Gasteiger partial charge on any atom is 2.00 e. The van der Waals surface area contributed by atoms with Crippen molar-refractivity contribution in [2.75, 3.05) is 0 Å². The van der Waals surface area contributed by atoms with Gasteiger partial charge >= 0.3 is 19.5 Å². The summed E-state index contributed by atoms with van der Waals surface area (Å²) in [5.41, 5.74) is 1.32. The van der Waals surface area contributed by atoms with Gasteiger partial charge in [0.1, 0.15) is 0 Å². The fraction of sp³-hybridized carbons (Fsp3) is 0.467. The van der Waals surface area contributed by atoms with Gasteiger partial charge in [0.15, 0.2) is 0 Å². The first-order chi connectivity index (χ1) is 6.16. The fourth-order valence-electron chi connectivity index (χ4n) is 1.11. The van der Waals surface area contributed by atoms with Gasteiger partial charge in [-0.05, 0) is 12.8 Å². The Kier molecular flexibility index (Phi) is 26.8. The zero-order valence-electron chi connectivity index (χ0n) is 11.7. The second-order valence-corrected chi connectivity index (χ2v) is 3.84. The topological polar surface area (TPSA) is 0 Å². The van der Waals surface area contributed by atoms with Crippen LogP contribution in [0.5, 0.6) is 0 Å². The van der Waals surface area contributed by atoms with E-state index < -0.39 is 0 Å². The predicted molar refractivity (Wildman–Crippen MR) is 73.8 cm³/mol. The summed E-state index contributed by atoms with van der Waals surface area (Å²) in [4.78, 5) is 0. The van der Waals surface area contributed by atoms with Crippen molar-refractivity contribution >= 4 is 0 Å². The van der Waals surface area contributed by atoms with Gasteiger partial charge in [-0.15, -0.1) is 0 Å². The van der Waals surface area contributed by atoms with Gasteiger partial charge in [-0.3, -0.25) is 0 Å². The number of hydrogen-bond donors (Lipinski definition) is 0. The molecule has 0 bridgehead atoms. The van der Waals surface area contributed by atoms with Gasteiger partial charge in [-0.1, -0.05) is 69.5 Å². The standard InChI is InChI=1S/C7H8.C6H14.2CH3.Ru/c1-7-5-3-2-4-6-7;1-4-5-6(2)3;;;/h2-6H,1H3;6H,4-5H2,1-3H3;2*1H3;/q;;2*-1;+2. The van der Waals surface area contributed by atoms with Gasteiger partial charge in [0, 0.05) is 0 Å². The maximum atomic E-state index is 2.25. The van der Waals surface area contributed by atoms with Crippen molar-refractivity contribution in [3.05, 3.63) is 50.7 Å². The molecule has 1 rings (SSSR count). The Hall–Kier alpha value is -0.157. The Balaban J connectivity index is -0.0000000767. The molecule has 0 aromatic heterocycles. The molecule has 0 aliphatic heterocycles. The van der Waals surface area contributed by atoms with E-state index in [1.54, 1.807) is 0 Å². The molecule has 0 nitrogen and oxygen atoms in total. The van der Waals surface area contributed by atoms with Crippen molar-refractivity contribution in [3.63, 3.8) is 0 Å². The third kappa shape index (κ3) is 19.4. The first kappa shape index (κ1) is 24.9. The normalized spacial score (nSPS) is 7.56. The van der Waals surface area contributed by atoms with E-state index in [-0.39, 0.29) is 34.3 Å². The first-order valence-electron chi connectivity index (χ1n) is 5.18. The van der Waals surface area contributed by atoms with Crippen LogP contribution in [0.3, 0.4) is 0 Å². The zero-order valence-corrected chi connectivity index (χ0v) is 13.5. The van der Waals surface area contributed by atoms with Crippen molar-refractivity contribution in [2.24, 2.45) is 5.92 Å². The second kappa shape index (κ2) is 17.2. The van der Waals surface area contributed by atoms with Gasteiger partial charge < -0.3 is 14.9 Å². The molecule has 0 aliphatic carbocycles. The van der Waals surface area contributed by atoms with Crippen molar-refractivity contribution in [1.82, 2.24) is 0 Å². The number of benzene rings is 1. The van der Waals surface area contributed by atoms with E-state index in [2.05, 4.69) is 39.8 Å². The molecule has 0 radical (unpaired) electrons. The third-order valence-electron chi connectivity index (χ3n) is 1.81. The summed E-state index contributed by atoms with van der Waals surface area (Å²) in [6.07, 6.45) is 2.71. The van der Waals surface area contributed by atoms with Crippen LogP contribution in [-0.2, 0) is 19.5 Å². The van der Waals surface area contributed by atoms with Crippen molar-refractivity contribution in [2.45, 2.75) is 40.5 Å². The minimum atomic E-state index is 0. The third-order valence-corrected chi connectivity index (χ3v) is 1.81. The molecule has 0 heterocycles. The van der Waals surface area contributed by atoms with Crippen molar-refractivity contribution < 1.29 is 19.5 Å². The van der Waals surface area contributed by atoms with E-state index in [0.29, 0.717) is 0 Å². The molecule has 0 saturated heterocycles. The molecular formula is C15H28Ru.